The summed E-state index contributed by atoms with van der Waals surface area (Å²) in [7, 11) is 0. The van der Waals surface area contributed by atoms with Crippen LogP contribution >= 0.6 is 15.9 Å². The number of nitrogens with one attached hydrogen (secondary N) is 1. The molecule has 0 aromatic heterocycles. The molecule has 2 N–H and O–H groups in total. The van der Waals surface area contributed by atoms with Crippen molar-refractivity contribution in [1.82, 2.24) is 5.32 Å². The lowest BCUT2D eigenvalue weighted by Gasteiger charge is -2.13. The van der Waals surface area contributed by atoms with Crippen LogP contribution in [0.2, 0.25) is 0 Å². The fraction of sp³-hybridized carbons (Fsp3) is 0.294. The van der Waals surface area contributed by atoms with Gasteiger partial charge in [0, 0.05) is 17.6 Å². The Balaban J connectivity index is 1.67. The van der Waals surface area contributed by atoms with Crippen LogP contribution in [0.3, 0.4) is 0 Å². The molecule has 0 radical (unpaired) electrons. The molecule has 2 aromatic carbocycles. The molecule has 0 bridgehead atoms. The Hall–Kier alpha value is -1.36. The van der Waals surface area contributed by atoms with Crippen LogP contribution in [0.15, 0.2) is 53.0 Å². The maximum Gasteiger partial charge on any atom is 0.119 e. The predicted molar refractivity (Wildman–Crippen MR) is 88.5 cm³/mol. The van der Waals surface area contributed by atoms with Crippen molar-refractivity contribution in [2.75, 3.05) is 13.2 Å². The van der Waals surface area contributed by atoms with Gasteiger partial charge in [-0.15, -0.1) is 0 Å². The zero-order chi connectivity index (χ0) is 15.1. The first-order valence-electron chi connectivity index (χ1n) is 6.96. The van der Waals surface area contributed by atoms with Crippen molar-refractivity contribution < 1.29 is 9.84 Å². The normalized spacial score (nSPS) is 12.1. The monoisotopic (exact) mass is 349 g/mol. The van der Waals surface area contributed by atoms with E-state index < -0.39 is 6.10 Å². The minimum absolute atomic E-state index is 0.288. The third-order valence-electron chi connectivity index (χ3n) is 3.05. The fourth-order valence-electron chi connectivity index (χ4n) is 1.94. The number of rotatable bonds is 7. The van der Waals surface area contributed by atoms with Gasteiger partial charge in [0.1, 0.15) is 18.5 Å². The summed E-state index contributed by atoms with van der Waals surface area (Å²) in [4.78, 5) is 0. The summed E-state index contributed by atoms with van der Waals surface area (Å²) in [6.45, 7) is 3.54. The highest BCUT2D eigenvalue weighted by molar-refractivity contribution is 9.10. The molecule has 0 amide bonds. The maximum absolute atomic E-state index is 9.91. The number of aliphatic hydroxyl groups is 1. The Kier molecular flexibility index (Phi) is 6.23. The van der Waals surface area contributed by atoms with Gasteiger partial charge in [-0.3, -0.25) is 0 Å². The summed E-state index contributed by atoms with van der Waals surface area (Å²) in [5.74, 6) is 0.793. The van der Waals surface area contributed by atoms with Crippen LogP contribution in [-0.4, -0.2) is 24.4 Å². The Morgan fingerprint density at radius 2 is 1.95 bits per heavy atom. The van der Waals surface area contributed by atoms with E-state index in [9.17, 15) is 5.11 Å². The van der Waals surface area contributed by atoms with Crippen LogP contribution in [0.25, 0.3) is 0 Å². The van der Waals surface area contributed by atoms with E-state index >= 15 is 0 Å². The van der Waals surface area contributed by atoms with Crippen LogP contribution in [0.4, 0.5) is 0 Å². The van der Waals surface area contributed by atoms with E-state index in [1.165, 1.54) is 5.56 Å². The predicted octanol–water partition coefficient (Wildman–Crippen LogP) is 3.29. The summed E-state index contributed by atoms with van der Waals surface area (Å²) in [6.07, 6.45) is -0.527. The highest BCUT2D eigenvalue weighted by Gasteiger charge is 2.05. The quantitative estimate of drug-likeness (QED) is 0.805. The summed E-state index contributed by atoms with van der Waals surface area (Å²) < 4.78 is 6.64. The van der Waals surface area contributed by atoms with Crippen LogP contribution in [-0.2, 0) is 6.54 Å². The van der Waals surface area contributed by atoms with Crippen LogP contribution in [0, 0.1) is 6.92 Å². The molecule has 0 saturated carbocycles. The molecule has 3 nitrogen and oxygen atoms in total. The Morgan fingerprint density at radius 1 is 1.19 bits per heavy atom. The van der Waals surface area contributed by atoms with E-state index in [-0.39, 0.29) is 6.61 Å². The van der Waals surface area contributed by atoms with Crippen molar-refractivity contribution in [3.63, 3.8) is 0 Å². The summed E-state index contributed by atoms with van der Waals surface area (Å²) in [6, 6.07) is 15.9. The molecule has 0 aliphatic carbocycles. The van der Waals surface area contributed by atoms with Crippen molar-refractivity contribution in [2.45, 2.75) is 19.6 Å². The van der Waals surface area contributed by atoms with Crippen LogP contribution in [0.5, 0.6) is 5.75 Å². The van der Waals surface area contributed by atoms with E-state index in [1.807, 2.05) is 55.5 Å². The fourth-order valence-corrected chi connectivity index (χ4v) is 2.21. The molecule has 1 unspecified atom stereocenters. The second kappa shape index (κ2) is 8.17. The van der Waals surface area contributed by atoms with Crippen molar-refractivity contribution in [3.05, 3.63) is 64.1 Å². The van der Waals surface area contributed by atoms with E-state index in [4.69, 9.17) is 4.74 Å². The summed E-state index contributed by atoms with van der Waals surface area (Å²) in [5, 5.41) is 13.1. The number of hydrogen-bond acceptors (Lipinski definition) is 3. The van der Waals surface area contributed by atoms with E-state index in [0.29, 0.717) is 6.54 Å². The van der Waals surface area contributed by atoms with Gasteiger partial charge in [0.15, 0.2) is 0 Å². The highest BCUT2D eigenvalue weighted by Crippen LogP contribution is 2.12. The molecular formula is C17H20BrNO2. The van der Waals surface area contributed by atoms with Gasteiger partial charge in [-0.1, -0.05) is 40.2 Å². The van der Waals surface area contributed by atoms with Gasteiger partial charge in [-0.25, -0.2) is 0 Å². The zero-order valence-corrected chi connectivity index (χ0v) is 13.6. The average molecular weight is 350 g/mol. The third-order valence-corrected chi connectivity index (χ3v) is 3.58. The number of aryl methyl sites for hydroxylation is 1. The third kappa shape index (κ3) is 5.87. The SMILES string of the molecule is Cc1cccc(OCC(O)CNCc2ccc(Br)cc2)c1. The first-order chi connectivity index (χ1) is 10.1. The van der Waals surface area contributed by atoms with Gasteiger partial charge in [0.05, 0.1) is 0 Å². The van der Waals surface area contributed by atoms with Gasteiger partial charge in [0.25, 0.3) is 0 Å². The number of aliphatic hydroxyl groups excluding tert-OH is 1. The molecule has 0 spiro atoms. The molecule has 0 saturated heterocycles. The second-order valence-corrected chi connectivity index (χ2v) is 5.95. The first-order valence-corrected chi connectivity index (χ1v) is 7.75. The van der Waals surface area contributed by atoms with Crippen molar-refractivity contribution >= 4 is 15.9 Å². The Morgan fingerprint density at radius 3 is 2.67 bits per heavy atom. The van der Waals surface area contributed by atoms with E-state index in [1.54, 1.807) is 0 Å². The Labute approximate surface area is 134 Å². The van der Waals surface area contributed by atoms with E-state index in [0.717, 1.165) is 22.3 Å². The first kappa shape index (κ1) is 16.0. The largest absolute Gasteiger partial charge is 0.491 e. The molecule has 0 aliphatic heterocycles. The molecule has 0 heterocycles. The number of halogens is 1. The highest BCUT2D eigenvalue weighted by atomic mass is 79.9. The van der Waals surface area contributed by atoms with Gasteiger partial charge < -0.3 is 15.2 Å². The Bertz CT molecular complexity index is 557. The zero-order valence-electron chi connectivity index (χ0n) is 12.1. The van der Waals surface area contributed by atoms with Crippen molar-refractivity contribution in [3.8, 4) is 5.75 Å². The lowest BCUT2D eigenvalue weighted by Crippen LogP contribution is -2.31. The molecule has 2 aromatic rings. The van der Waals surface area contributed by atoms with Gasteiger partial charge in [0.2, 0.25) is 0 Å². The number of benzene rings is 2. The van der Waals surface area contributed by atoms with Crippen LogP contribution < -0.4 is 10.1 Å². The summed E-state index contributed by atoms with van der Waals surface area (Å²) >= 11 is 3.41. The van der Waals surface area contributed by atoms with Gasteiger partial charge in [-0.2, -0.15) is 0 Å². The van der Waals surface area contributed by atoms with E-state index in [2.05, 4.69) is 21.2 Å². The topological polar surface area (TPSA) is 41.5 Å². The van der Waals surface area contributed by atoms with Crippen molar-refractivity contribution in [2.24, 2.45) is 0 Å². The number of hydrogen-bond donors (Lipinski definition) is 2. The average Bonchev–Trinajstić information content (AvgIpc) is 2.47. The molecule has 112 valence electrons. The molecule has 1 atom stereocenters. The van der Waals surface area contributed by atoms with Crippen LogP contribution in [0.1, 0.15) is 11.1 Å². The summed E-state index contributed by atoms with van der Waals surface area (Å²) in [5.41, 5.74) is 2.33. The molecule has 4 heteroatoms. The van der Waals surface area contributed by atoms with Gasteiger partial charge in [-0.05, 0) is 42.3 Å². The molecule has 0 fully saturated rings. The van der Waals surface area contributed by atoms with Gasteiger partial charge >= 0.3 is 0 Å². The maximum atomic E-state index is 9.91. The smallest absolute Gasteiger partial charge is 0.119 e. The number of ether oxygens (including phenoxy) is 1. The molecule has 0 aliphatic rings. The molecule has 2 rings (SSSR count). The second-order valence-electron chi connectivity index (χ2n) is 5.04. The lowest BCUT2D eigenvalue weighted by molar-refractivity contribution is 0.106. The minimum Gasteiger partial charge on any atom is -0.491 e. The lowest BCUT2D eigenvalue weighted by atomic mass is 10.2. The standard InChI is InChI=1S/C17H20BrNO2/c1-13-3-2-4-17(9-13)21-12-16(20)11-19-10-14-5-7-15(18)8-6-14/h2-9,16,19-20H,10-12H2,1H3. The molecule has 21 heavy (non-hydrogen) atoms. The minimum atomic E-state index is -0.527. The van der Waals surface area contributed by atoms with Crippen molar-refractivity contribution in [1.29, 1.82) is 0 Å². The molecular weight excluding hydrogens is 330 g/mol.